The van der Waals surface area contributed by atoms with Crippen molar-refractivity contribution in [3.8, 4) is 0 Å². The zero-order valence-corrected chi connectivity index (χ0v) is 33.7. The monoisotopic (exact) mass is 728 g/mol. The van der Waals surface area contributed by atoms with Gasteiger partial charge in [-0.2, -0.15) is 10.2 Å². The summed E-state index contributed by atoms with van der Waals surface area (Å²) in [6.07, 6.45) is 0. The van der Waals surface area contributed by atoms with E-state index in [1.54, 1.807) is 0 Å². The minimum Gasteiger partial charge on any atom is -0.399 e. The summed E-state index contributed by atoms with van der Waals surface area (Å²) < 4.78 is 29.0. The van der Waals surface area contributed by atoms with Gasteiger partial charge in [0.25, 0.3) is 0 Å². The highest BCUT2D eigenvalue weighted by molar-refractivity contribution is 9.10. The maximum Gasteiger partial charge on any atom is 0.494 e. The van der Waals surface area contributed by atoms with Gasteiger partial charge in [0.05, 0.1) is 33.6 Å². The lowest BCUT2D eigenvalue weighted by Crippen LogP contribution is -2.41. The summed E-state index contributed by atoms with van der Waals surface area (Å²) in [4.78, 5) is 0. The van der Waals surface area contributed by atoms with Crippen molar-refractivity contribution < 1.29 is 18.8 Å². The molecule has 0 aliphatic carbocycles. The first-order valence-corrected chi connectivity index (χ1v) is 24.6. The molecule has 8 nitrogen and oxygen atoms in total. The molecule has 0 N–H and O–H groups in total. The number of aromatic nitrogens is 4. The third-order valence-corrected chi connectivity index (χ3v) is 12.7. The van der Waals surface area contributed by atoms with Crippen LogP contribution in [0.4, 0.5) is 0 Å². The fraction of sp³-hybridized carbons (Fsp3) is 0.588. The van der Waals surface area contributed by atoms with E-state index in [1.807, 2.05) is 29.3 Å². The van der Waals surface area contributed by atoms with Gasteiger partial charge in [-0.05, 0) is 83.4 Å². The number of rotatable bonds is 11. The van der Waals surface area contributed by atoms with Gasteiger partial charge in [-0.25, -0.2) is 9.36 Å². The van der Waals surface area contributed by atoms with Gasteiger partial charge in [0.15, 0.2) is 0 Å². The Labute approximate surface area is 286 Å². The van der Waals surface area contributed by atoms with Crippen LogP contribution in [-0.4, -0.2) is 67.2 Å². The van der Waals surface area contributed by atoms with Crippen LogP contribution in [0, 0.1) is 13.8 Å². The van der Waals surface area contributed by atoms with Crippen LogP contribution >= 0.6 is 15.9 Å². The zero-order chi connectivity index (χ0) is 34.1. The Kier molecular flexibility index (Phi) is 11.6. The molecule has 0 unspecified atom stereocenters. The smallest absolute Gasteiger partial charge is 0.399 e. The molecule has 5 rings (SSSR count). The first kappa shape index (κ1) is 37.0. The maximum absolute atomic E-state index is 6.19. The average Bonchev–Trinajstić information content (AvgIpc) is 3.50. The van der Waals surface area contributed by atoms with Crippen LogP contribution in [0.2, 0.25) is 51.4 Å². The number of ether oxygens (including phenoxy) is 2. The highest BCUT2D eigenvalue weighted by atomic mass is 79.9. The van der Waals surface area contributed by atoms with E-state index in [0.717, 1.165) is 57.0 Å². The number of benzene rings is 2. The van der Waals surface area contributed by atoms with Gasteiger partial charge in [-0.1, -0.05) is 67.3 Å². The van der Waals surface area contributed by atoms with E-state index in [1.165, 1.54) is 11.4 Å². The molecule has 252 valence electrons. The van der Waals surface area contributed by atoms with Gasteiger partial charge in [0.2, 0.25) is 0 Å². The quantitative estimate of drug-likeness (QED) is 0.114. The fourth-order valence-corrected chi connectivity index (χ4v) is 6.93. The summed E-state index contributed by atoms with van der Waals surface area (Å²) in [6, 6.07) is 14.9. The molecule has 12 heteroatoms. The molecule has 0 saturated carbocycles. The highest BCUT2D eigenvalue weighted by Gasteiger charge is 2.51. The van der Waals surface area contributed by atoms with Crippen LogP contribution in [0.5, 0.6) is 0 Å². The van der Waals surface area contributed by atoms with Gasteiger partial charge in [-0.3, -0.25) is 0 Å². The Balaban J connectivity index is 0.000000222. The summed E-state index contributed by atoms with van der Waals surface area (Å²) in [5.41, 5.74) is 4.62. The van der Waals surface area contributed by atoms with Gasteiger partial charge in [0, 0.05) is 44.6 Å². The molecule has 1 fully saturated rings. The molecule has 1 aliphatic rings. The molecule has 0 amide bonds. The molecule has 2 aromatic heterocycles. The predicted octanol–water partition coefficient (Wildman–Crippen LogP) is 8.38. The van der Waals surface area contributed by atoms with E-state index >= 15 is 0 Å². The second-order valence-electron chi connectivity index (χ2n) is 15.9. The third-order valence-electron chi connectivity index (χ3n) is 8.80. The van der Waals surface area contributed by atoms with E-state index in [9.17, 15) is 0 Å². The second-order valence-corrected chi connectivity index (χ2v) is 28.1. The summed E-state index contributed by atoms with van der Waals surface area (Å²) in [6.45, 7) is 29.2. The Bertz CT molecular complexity index is 1630. The molecule has 0 bridgehead atoms. The van der Waals surface area contributed by atoms with Crippen LogP contribution in [0.1, 0.15) is 39.1 Å². The van der Waals surface area contributed by atoms with E-state index in [4.69, 9.17) is 18.8 Å². The summed E-state index contributed by atoms with van der Waals surface area (Å²) >= 11 is 3.50. The predicted molar refractivity (Wildman–Crippen MR) is 201 cm³/mol. The van der Waals surface area contributed by atoms with Gasteiger partial charge in [-0.15, -0.1) is 0 Å². The molecule has 1 aliphatic heterocycles. The average molecular weight is 730 g/mol. The third kappa shape index (κ3) is 9.42. The Hall–Kier alpha value is -1.80. The standard InChI is InChI=1S/C20H33BN2O3Si.C14H21BrN2OSi/c1-15-17-13-16(21-25-19(2,3)20(4,5)26-21)9-10-18(17)23(22-15)14-24-11-12-27(6,7)8;1-11-13-9-12(15)5-6-14(13)17(16-11)10-18-7-8-19(2,3)4/h9-10,13H,11-12,14H2,1-8H3;5-6,9H,7-8,10H2,1-4H3. The van der Waals surface area contributed by atoms with Crippen molar-refractivity contribution >= 4 is 66.5 Å². The molecule has 46 heavy (non-hydrogen) atoms. The number of hydrogen-bond donors (Lipinski definition) is 0. The molecule has 2 aromatic carbocycles. The maximum atomic E-state index is 6.19. The lowest BCUT2D eigenvalue weighted by molar-refractivity contribution is 0.00578. The number of aryl methyl sites for hydroxylation is 2. The van der Waals surface area contributed by atoms with Crippen LogP contribution in [-0.2, 0) is 32.2 Å². The Morgan fingerprint density at radius 1 is 0.717 bits per heavy atom. The van der Waals surface area contributed by atoms with Crippen molar-refractivity contribution in [2.24, 2.45) is 0 Å². The minimum absolute atomic E-state index is 0.337. The van der Waals surface area contributed by atoms with Crippen LogP contribution in [0.15, 0.2) is 40.9 Å². The highest BCUT2D eigenvalue weighted by Crippen LogP contribution is 2.36. The minimum atomic E-state index is -1.07. The lowest BCUT2D eigenvalue weighted by Gasteiger charge is -2.32. The first-order valence-electron chi connectivity index (χ1n) is 16.4. The first-order chi connectivity index (χ1) is 21.3. The van der Waals surface area contributed by atoms with E-state index < -0.39 is 16.1 Å². The number of nitrogens with zero attached hydrogens (tertiary/aromatic N) is 4. The SMILES string of the molecule is Cc1nn(COCC[Si](C)(C)C)c2ccc(B3OC(C)(C)C(C)(C)O3)cc12.Cc1nn(COCC[Si](C)(C)C)c2ccc(Br)cc12. The van der Waals surface area contributed by atoms with Crippen molar-refractivity contribution in [1.29, 1.82) is 0 Å². The lowest BCUT2D eigenvalue weighted by atomic mass is 9.78. The number of halogens is 1. The topological polar surface area (TPSA) is 72.6 Å². The molecular formula is C34H54BBrN4O4Si2. The van der Waals surface area contributed by atoms with Gasteiger partial charge in [0.1, 0.15) is 13.5 Å². The molecule has 3 heterocycles. The molecule has 0 atom stereocenters. The normalized spacial score (nSPS) is 16.3. The van der Waals surface area contributed by atoms with Crippen molar-refractivity contribution in [3.63, 3.8) is 0 Å². The van der Waals surface area contributed by atoms with Crippen LogP contribution in [0.25, 0.3) is 21.8 Å². The molecule has 4 aromatic rings. The zero-order valence-electron chi connectivity index (χ0n) is 30.1. The van der Waals surface area contributed by atoms with Gasteiger partial charge >= 0.3 is 7.12 Å². The Morgan fingerprint density at radius 2 is 1.15 bits per heavy atom. The fourth-order valence-electron chi connectivity index (χ4n) is 5.05. The second kappa shape index (κ2) is 14.4. The summed E-state index contributed by atoms with van der Waals surface area (Å²) in [5.74, 6) is 0. The molecule has 0 radical (unpaired) electrons. The largest absolute Gasteiger partial charge is 0.494 e. The van der Waals surface area contributed by atoms with E-state index in [-0.39, 0.29) is 18.3 Å². The van der Waals surface area contributed by atoms with Crippen LogP contribution in [0.3, 0.4) is 0 Å². The summed E-state index contributed by atoms with van der Waals surface area (Å²) in [5, 5.41) is 11.5. The Morgan fingerprint density at radius 3 is 1.61 bits per heavy atom. The number of fused-ring (bicyclic) bond motifs is 2. The van der Waals surface area contributed by atoms with Crippen LogP contribution < -0.4 is 5.46 Å². The van der Waals surface area contributed by atoms with Gasteiger partial charge < -0.3 is 18.8 Å². The molecule has 1 saturated heterocycles. The van der Waals surface area contributed by atoms with Crippen molar-refractivity contribution in [2.75, 3.05) is 13.2 Å². The van der Waals surface area contributed by atoms with Crippen molar-refractivity contribution in [1.82, 2.24) is 19.6 Å². The van der Waals surface area contributed by atoms with E-state index in [2.05, 4.69) is 123 Å². The summed E-state index contributed by atoms with van der Waals surface area (Å²) in [7, 11) is -2.44. The van der Waals surface area contributed by atoms with Crippen molar-refractivity contribution in [2.45, 2.75) is 118 Å². The number of hydrogen-bond acceptors (Lipinski definition) is 6. The van der Waals surface area contributed by atoms with E-state index in [0.29, 0.717) is 13.5 Å². The molecule has 0 spiro atoms. The van der Waals surface area contributed by atoms with Crippen molar-refractivity contribution in [3.05, 3.63) is 52.3 Å². The molecular weight excluding hydrogens is 675 g/mol.